The normalized spacial score (nSPS) is 40.4. The zero-order valence-electron chi connectivity index (χ0n) is 12.0. The van der Waals surface area contributed by atoms with Gasteiger partial charge < -0.3 is 5.32 Å². The molecule has 0 radical (unpaired) electrons. The van der Waals surface area contributed by atoms with Crippen molar-refractivity contribution >= 4 is 0 Å². The van der Waals surface area contributed by atoms with Gasteiger partial charge in [0.25, 0.3) is 0 Å². The Bertz CT molecular complexity index is 450. The van der Waals surface area contributed by atoms with Crippen LogP contribution < -0.4 is 5.32 Å². The van der Waals surface area contributed by atoms with E-state index in [-0.39, 0.29) is 0 Å². The summed E-state index contributed by atoms with van der Waals surface area (Å²) in [5.41, 5.74) is 1.41. The van der Waals surface area contributed by atoms with Crippen molar-refractivity contribution in [2.45, 2.75) is 45.2 Å². The molecule has 0 aromatic carbocycles. The Morgan fingerprint density at radius 1 is 1.37 bits per heavy atom. The van der Waals surface area contributed by atoms with Gasteiger partial charge in [-0.25, -0.2) is 0 Å². The second-order valence-corrected chi connectivity index (χ2v) is 6.87. The predicted octanol–water partition coefficient (Wildman–Crippen LogP) is 2.85. The number of fused-ring (bicyclic) bond motifs is 5. The third-order valence-electron chi connectivity index (χ3n) is 5.96. The van der Waals surface area contributed by atoms with Crippen molar-refractivity contribution in [2.75, 3.05) is 7.05 Å². The Balaban J connectivity index is 1.52. The minimum absolute atomic E-state index is 0.545. The first-order chi connectivity index (χ1) is 9.33. The maximum atomic E-state index is 4.51. The summed E-state index contributed by atoms with van der Waals surface area (Å²) < 4.78 is 2.10. The van der Waals surface area contributed by atoms with Crippen LogP contribution in [0.15, 0.2) is 12.4 Å². The monoisotopic (exact) mass is 259 g/mol. The lowest BCUT2D eigenvalue weighted by Gasteiger charge is -2.18. The van der Waals surface area contributed by atoms with E-state index in [1.807, 2.05) is 0 Å². The maximum Gasteiger partial charge on any atom is 0.0537 e. The second kappa shape index (κ2) is 4.34. The standard InChI is InChI=1S/C16H25N3/c1-3-6-19-9-12(8-18-19)16(17-2)15-13-10-4-5-11(7-10)14(13)15/h8-11,13-17H,3-7H2,1-2H3. The molecular formula is C16H25N3. The van der Waals surface area contributed by atoms with Crippen LogP contribution >= 0.6 is 0 Å². The second-order valence-electron chi connectivity index (χ2n) is 6.87. The predicted molar refractivity (Wildman–Crippen MR) is 75.6 cm³/mol. The molecule has 0 saturated heterocycles. The van der Waals surface area contributed by atoms with E-state index >= 15 is 0 Å². The molecule has 2 bridgehead atoms. The van der Waals surface area contributed by atoms with Crippen molar-refractivity contribution in [3.63, 3.8) is 0 Å². The van der Waals surface area contributed by atoms with Crippen molar-refractivity contribution in [3.8, 4) is 0 Å². The molecule has 3 fully saturated rings. The highest BCUT2D eigenvalue weighted by Gasteiger charge is 2.66. The van der Waals surface area contributed by atoms with Gasteiger partial charge in [-0.1, -0.05) is 6.92 Å². The zero-order valence-corrected chi connectivity index (χ0v) is 12.0. The Morgan fingerprint density at radius 3 is 2.74 bits per heavy atom. The van der Waals surface area contributed by atoms with Crippen molar-refractivity contribution in [1.29, 1.82) is 0 Å². The Kier molecular flexibility index (Phi) is 2.73. The molecule has 5 unspecified atom stereocenters. The van der Waals surface area contributed by atoms with Gasteiger partial charge in [0.15, 0.2) is 0 Å². The SMILES string of the molecule is CCCn1cc(C(NC)C2C3C4CCC(C4)C32)cn1. The molecule has 3 nitrogen and oxygen atoms in total. The van der Waals surface area contributed by atoms with E-state index in [0.717, 1.165) is 42.6 Å². The van der Waals surface area contributed by atoms with Gasteiger partial charge >= 0.3 is 0 Å². The van der Waals surface area contributed by atoms with E-state index in [1.165, 1.54) is 24.8 Å². The largest absolute Gasteiger partial charge is 0.313 e. The van der Waals surface area contributed by atoms with E-state index in [2.05, 4.69) is 41.5 Å². The van der Waals surface area contributed by atoms with E-state index in [1.54, 1.807) is 0 Å². The van der Waals surface area contributed by atoms with E-state index in [4.69, 9.17) is 0 Å². The average Bonchev–Trinajstić information content (AvgIpc) is 2.81. The number of hydrogen-bond acceptors (Lipinski definition) is 2. The lowest BCUT2D eigenvalue weighted by atomic mass is 9.94. The third-order valence-corrected chi connectivity index (χ3v) is 5.96. The van der Waals surface area contributed by atoms with Crippen LogP contribution in [-0.4, -0.2) is 16.8 Å². The molecule has 0 amide bonds. The number of nitrogens with zero attached hydrogens (tertiary/aromatic N) is 2. The molecule has 0 aliphatic heterocycles. The molecule has 1 aromatic heterocycles. The summed E-state index contributed by atoms with van der Waals surface area (Å²) in [4.78, 5) is 0. The van der Waals surface area contributed by atoms with Crippen LogP contribution in [0, 0.1) is 29.6 Å². The van der Waals surface area contributed by atoms with Crippen molar-refractivity contribution < 1.29 is 0 Å². The van der Waals surface area contributed by atoms with Gasteiger partial charge in [-0.05, 0) is 62.3 Å². The summed E-state index contributed by atoms with van der Waals surface area (Å²) in [6.45, 7) is 3.25. The molecule has 1 aromatic rings. The molecule has 19 heavy (non-hydrogen) atoms. The number of nitrogens with one attached hydrogen (secondary N) is 1. The molecular weight excluding hydrogens is 234 g/mol. The van der Waals surface area contributed by atoms with Gasteiger partial charge in [-0.2, -0.15) is 5.10 Å². The fourth-order valence-electron chi connectivity index (χ4n) is 5.31. The third kappa shape index (κ3) is 1.70. The summed E-state index contributed by atoms with van der Waals surface area (Å²) in [6, 6.07) is 0.545. The number of hydrogen-bond donors (Lipinski definition) is 1. The van der Waals surface area contributed by atoms with Crippen molar-refractivity contribution in [2.24, 2.45) is 29.6 Å². The van der Waals surface area contributed by atoms with Crippen LogP contribution in [0.3, 0.4) is 0 Å². The van der Waals surface area contributed by atoms with Crippen molar-refractivity contribution in [3.05, 3.63) is 18.0 Å². The van der Waals surface area contributed by atoms with Gasteiger partial charge in [-0.3, -0.25) is 4.68 Å². The molecule has 104 valence electrons. The van der Waals surface area contributed by atoms with Gasteiger partial charge in [0.1, 0.15) is 0 Å². The fourth-order valence-corrected chi connectivity index (χ4v) is 5.31. The average molecular weight is 259 g/mol. The minimum atomic E-state index is 0.545. The Morgan fingerprint density at radius 2 is 2.11 bits per heavy atom. The molecule has 1 N–H and O–H groups in total. The molecule has 3 aliphatic rings. The first kappa shape index (κ1) is 12.0. The van der Waals surface area contributed by atoms with E-state index < -0.39 is 0 Å². The van der Waals surface area contributed by atoms with Crippen LogP contribution in [0.2, 0.25) is 0 Å². The quantitative estimate of drug-likeness (QED) is 0.881. The summed E-state index contributed by atoms with van der Waals surface area (Å²) in [7, 11) is 2.12. The van der Waals surface area contributed by atoms with Crippen LogP contribution in [0.1, 0.15) is 44.2 Å². The van der Waals surface area contributed by atoms with Crippen LogP contribution in [0.25, 0.3) is 0 Å². The van der Waals surface area contributed by atoms with Gasteiger partial charge in [0.2, 0.25) is 0 Å². The smallest absolute Gasteiger partial charge is 0.0537 e. The number of aryl methyl sites for hydroxylation is 1. The van der Waals surface area contributed by atoms with Crippen molar-refractivity contribution in [1.82, 2.24) is 15.1 Å². The lowest BCUT2D eigenvalue weighted by Crippen LogP contribution is -2.21. The molecule has 3 heteroatoms. The highest BCUT2D eigenvalue weighted by molar-refractivity contribution is 5.22. The van der Waals surface area contributed by atoms with Crippen LogP contribution in [0.5, 0.6) is 0 Å². The van der Waals surface area contributed by atoms with Gasteiger partial charge in [0, 0.05) is 24.3 Å². The number of rotatable bonds is 5. The first-order valence-corrected chi connectivity index (χ1v) is 8.03. The van der Waals surface area contributed by atoms with Crippen LogP contribution in [-0.2, 0) is 6.54 Å². The highest BCUT2D eigenvalue weighted by atomic mass is 15.3. The summed E-state index contributed by atoms with van der Waals surface area (Å²) >= 11 is 0. The van der Waals surface area contributed by atoms with Crippen LogP contribution in [0.4, 0.5) is 0 Å². The minimum Gasteiger partial charge on any atom is -0.313 e. The summed E-state index contributed by atoms with van der Waals surface area (Å²) in [5.74, 6) is 5.08. The Labute approximate surface area is 115 Å². The maximum absolute atomic E-state index is 4.51. The summed E-state index contributed by atoms with van der Waals surface area (Å²) in [5, 5.41) is 8.09. The molecule has 1 heterocycles. The fraction of sp³-hybridized carbons (Fsp3) is 0.812. The topological polar surface area (TPSA) is 29.9 Å². The molecule has 3 aliphatic carbocycles. The number of aromatic nitrogens is 2. The Hall–Kier alpha value is -0.830. The molecule has 3 saturated carbocycles. The summed E-state index contributed by atoms with van der Waals surface area (Å²) in [6.07, 6.45) is 10.1. The lowest BCUT2D eigenvalue weighted by molar-refractivity contribution is 0.385. The molecule has 5 atom stereocenters. The zero-order chi connectivity index (χ0) is 13.0. The highest BCUT2D eigenvalue weighted by Crippen LogP contribution is 2.72. The molecule has 4 rings (SSSR count). The van der Waals surface area contributed by atoms with E-state index in [9.17, 15) is 0 Å². The van der Waals surface area contributed by atoms with Gasteiger partial charge in [-0.15, -0.1) is 0 Å². The van der Waals surface area contributed by atoms with E-state index in [0.29, 0.717) is 6.04 Å². The molecule has 0 spiro atoms. The first-order valence-electron chi connectivity index (χ1n) is 8.03. The van der Waals surface area contributed by atoms with Gasteiger partial charge in [0.05, 0.1) is 6.20 Å².